The van der Waals surface area contributed by atoms with E-state index in [0.29, 0.717) is 6.04 Å². The summed E-state index contributed by atoms with van der Waals surface area (Å²) < 4.78 is 0. The minimum Gasteiger partial charge on any atom is -0.327 e. The summed E-state index contributed by atoms with van der Waals surface area (Å²) in [6.07, 6.45) is 5.69. The summed E-state index contributed by atoms with van der Waals surface area (Å²) >= 11 is 0. The molecule has 1 atom stereocenters. The Morgan fingerprint density at radius 1 is 1.43 bits per heavy atom. The standard InChI is InChI=1S/C13H17N/c1-10-3-2-4-11(7-10)8-12-5-6-13(14)9-12/h2-4,7-8,13H,5-6,9,14H2,1H3. The summed E-state index contributed by atoms with van der Waals surface area (Å²) in [4.78, 5) is 0. The predicted molar refractivity (Wildman–Crippen MR) is 61.0 cm³/mol. The normalized spacial score (nSPS) is 24.4. The highest BCUT2D eigenvalue weighted by molar-refractivity contribution is 5.54. The Kier molecular flexibility index (Phi) is 2.69. The lowest BCUT2D eigenvalue weighted by atomic mass is 10.1. The summed E-state index contributed by atoms with van der Waals surface area (Å²) in [7, 11) is 0. The van der Waals surface area contributed by atoms with Crippen LogP contribution in [-0.4, -0.2) is 6.04 Å². The van der Waals surface area contributed by atoms with Crippen molar-refractivity contribution in [1.29, 1.82) is 0 Å². The molecule has 0 saturated heterocycles. The van der Waals surface area contributed by atoms with Gasteiger partial charge in [-0.15, -0.1) is 0 Å². The molecule has 1 fully saturated rings. The first-order valence-electron chi connectivity index (χ1n) is 5.26. The van der Waals surface area contributed by atoms with Crippen LogP contribution in [0.4, 0.5) is 0 Å². The van der Waals surface area contributed by atoms with Gasteiger partial charge in [-0.2, -0.15) is 0 Å². The number of nitrogens with two attached hydrogens (primary N) is 1. The van der Waals surface area contributed by atoms with Crippen LogP contribution >= 0.6 is 0 Å². The van der Waals surface area contributed by atoms with Crippen molar-refractivity contribution in [3.05, 3.63) is 41.0 Å². The van der Waals surface area contributed by atoms with Crippen molar-refractivity contribution in [3.63, 3.8) is 0 Å². The molecule has 1 aliphatic carbocycles. The van der Waals surface area contributed by atoms with Crippen molar-refractivity contribution in [2.75, 3.05) is 0 Å². The third-order valence-corrected chi connectivity index (χ3v) is 2.77. The fourth-order valence-electron chi connectivity index (χ4n) is 2.04. The lowest BCUT2D eigenvalue weighted by molar-refractivity contribution is 0.711. The van der Waals surface area contributed by atoms with E-state index in [0.717, 1.165) is 12.8 Å². The second kappa shape index (κ2) is 3.97. The topological polar surface area (TPSA) is 26.0 Å². The molecule has 1 heteroatoms. The molecule has 2 N–H and O–H groups in total. The van der Waals surface area contributed by atoms with Crippen molar-refractivity contribution in [1.82, 2.24) is 0 Å². The van der Waals surface area contributed by atoms with E-state index < -0.39 is 0 Å². The van der Waals surface area contributed by atoms with Gasteiger partial charge in [0.1, 0.15) is 0 Å². The molecule has 1 aliphatic rings. The van der Waals surface area contributed by atoms with Crippen LogP contribution in [0.2, 0.25) is 0 Å². The van der Waals surface area contributed by atoms with E-state index in [1.807, 2.05) is 0 Å². The van der Waals surface area contributed by atoms with Gasteiger partial charge in [0.25, 0.3) is 0 Å². The molecule has 0 spiro atoms. The first-order chi connectivity index (χ1) is 6.74. The second-order valence-electron chi connectivity index (χ2n) is 4.22. The summed E-state index contributed by atoms with van der Waals surface area (Å²) in [5.74, 6) is 0. The Labute approximate surface area is 85.6 Å². The Morgan fingerprint density at radius 3 is 2.93 bits per heavy atom. The van der Waals surface area contributed by atoms with E-state index >= 15 is 0 Å². The monoisotopic (exact) mass is 187 g/mol. The van der Waals surface area contributed by atoms with E-state index in [1.165, 1.54) is 23.1 Å². The van der Waals surface area contributed by atoms with Crippen LogP contribution in [0.3, 0.4) is 0 Å². The minimum absolute atomic E-state index is 0.394. The Balaban J connectivity index is 2.17. The van der Waals surface area contributed by atoms with Gasteiger partial charge < -0.3 is 5.73 Å². The third kappa shape index (κ3) is 2.24. The van der Waals surface area contributed by atoms with E-state index in [9.17, 15) is 0 Å². The van der Waals surface area contributed by atoms with Gasteiger partial charge in [0.15, 0.2) is 0 Å². The summed E-state index contributed by atoms with van der Waals surface area (Å²) in [6.45, 7) is 2.13. The molecule has 0 heterocycles. The van der Waals surface area contributed by atoms with Crippen LogP contribution in [-0.2, 0) is 0 Å². The number of hydrogen-bond acceptors (Lipinski definition) is 1. The smallest absolute Gasteiger partial charge is 0.00792 e. The molecule has 0 aromatic heterocycles. The van der Waals surface area contributed by atoms with Gasteiger partial charge in [-0.05, 0) is 31.7 Å². The number of rotatable bonds is 1. The maximum atomic E-state index is 5.87. The van der Waals surface area contributed by atoms with E-state index in [1.54, 1.807) is 0 Å². The fraction of sp³-hybridized carbons (Fsp3) is 0.385. The summed E-state index contributed by atoms with van der Waals surface area (Å²) in [5, 5.41) is 0. The maximum Gasteiger partial charge on any atom is 0.00792 e. The number of benzene rings is 1. The average molecular weight is 187 g/mol. The highest BCUT2D eigenvalue weighted by Gasteiger charge is 2.14. The predicted octanol–water partition coefficient (Wildman–Crippen LogP) is 2.89. The van der Waals surface area contributed by atoms with Crippen LogP contribution in [0.5, 0.6) is 0 Å². The average Bonchev–Trinajstić information content (AvgIpc) is 2.51. The van der Waals surface area contributed by atoms with Gasteiger partial charge in [-0.3, -0.25) is 0 Å². The quantitative estimate of drug-likeness (QED) is 0.718. The maximum absolute atomic E-state index is 5.87. The van der Waals surface area contributed by atoms with Crippen molar-refractivity contribution in [2.24, 2.45) is 5.73 Å². The molecule has 1 aromatic carbocycles. The van der Waals surface area contributed by atoms with Crippen molar-refractivity contribution >= 4 is 6.08 Å². The molecule has 0 amide bonds. The zero-order valence-corrected chi connectivity index (χ0v) is 8.66. The van der Waals surface area contributed by atoms with Crippen molar-refractivity contribution in [2.45, 2.75) is 32.2 Å². The van der Waals surface area contributed by atoms with Crippen molar-refractivity contribution in [3.8, 4) is 0 Å². The largest absolute Gasteiger partial charge is 0.327 e. The molecule has 14 heavy (non-hydrogen) atoms. The first kappa shape index (κ1) is 9.47. The van der Waals surface area contributed by atoms with E-state index in [-0.39, 0.29) is 0 Å². The van der Waals surface area contributed by atoms with Crippen LogP contribution < -0.4 is 5.73 Å². The molecule has 74 valence electrons. The Morgan fingerprint density at radius 2 is 2.29 bits per heavy atom. The Hall–Kier alpha value is -1.08. The molecule has 1 saturated carbocycles. The molecular formula is C13H17N. The fourth-order valence-corrected chi connectivity index (χ4v) is 2.04. The number of hydrogen-bond donors (Lipinski definition) is 1. The highest BCUT2D eigenvalue weighted by atomic mass is 14.6. The lowest BCUT2D eigenvalue weighted by Crippen LogP contribution is -2.13. The molecule has 1 aromatic rings. The van der Waals surface area contributed by atoms with Gasteiger partial charge in [0, 0.05) is 6.04 Å². The zero-order valence-electron chi connectivity index (χ0n) is 8.66. The van der Waals surface area contributed by atoms with Gasteiger partial charge in [0.2, 0.25) is 0 Å². The summed E-state index contributed by atoms with van der Waals surface area (Å²) in [5.41, 5.74) is 10.0. The van der Waals surface area contributed by atoms with E-state index in [4.69, 9.17) is 5.73 Å². The molecule has 2 rings (SSSR count). The van der Waals surface area contributed by atoms with Crippen LogP contribution in [0.25, 0.3) is 6.08 Å². The molecule has 0 radical (unpaired) electrons. The lowest BCUT2D eigenvalue weighted by Gasteiger charge is -1.99. The molecular weight excluding hydrogens is 170 g/mol. The van der Waals surface area contributed by atoms with Gasteiger partial charge in [0.05, 0.1) is 0 Å². The van der Waals surface area contributed by atoms with Crippen molar-refractivity contribution < 1.29 is 0 Å². The Bertz CT molecular complexity index is 352. The van der Waals surface area contributed by atoms with Crippen LogP contribution in [0.15, 0.2) is 29.8 Å². The van der Waals surface area contributed by atoms with Gasteiger partial charge >= 0.3 is 0 Å². The van der Waals surface area contributed by atoms with Gasteiger partial charge in [-0.1, -0.05) is 41.5 Å². The molecule has 1 nitrogen and oxygen atoms in total. The first-order valence-corrected chi connectivity index (χ1v) is 5.26. The van der Waals surface area contributed by atoms with E-state index in [2.05, 4.69) is 37.3 Å². The molecule has 1 unspecified atom stereocenters. The second-order valence-corrected chi connectivity index (χ2v) is 4.22. The summed E-state index contributed by atoms with van der Waals surface area (Å²) in [6, 6.07) is 9.01. The third-order valence-electron chi connectivity index (χ3n) is 2.77. The minimum atomic E-state index is 0.394. The SMILES string of the molecule is Cc1cccc(C=C2CCC(N)C2)c1. The highest BCUT2D eigenvalue weighted by Crippen LogP contribution is 2.25. The number of aryl methyl sites for hydroxylation is 1. The van der Waals surface area contributed by atoms with Crippen LogP contribution in [0, 0.1) is 6.92 Å². The molecule has 0 aliphatic heterocycles. The van der Waals surface area contributed by atoms with Crippen LogP contribution in [0.1, 0.15) is 30.4 Å². The van der Waals surface area contributed by atoms with Gasteiger partial charge in [-0.25, -0.2) is 0 Å². The zero-order chi connectivity index (χ0) is 9.97. The molecule has 0 bridgehead atoms.